The molecule has 7 heteroatoms. The first-order chi connectivity index (χ1) is 14.5. The first-order valence-corrected chi connectivity index (χ1v) is 10.3. The van der Waals surface area contributed by atoms with Crippen molar-refractivity contribution >= 4 is 11.6 Å². The lowest BCUT2D eigenvalue weighted by Crippen LogP contribution is -2.46. The van der Waals surface area contributed by atoms with Crippen LogP contribution in [0.1, 0.15) is 36.5 Å². The SMILES string of the molecule is CCOc1ccc(Cc2cc(C3(OC)CC(O)CC(CO)O3)ccc2Cl)cc1.CO. The topological polar surface area (TPSA) is 88.4 Å². The Morgan fingerprint density at radius 1 is 1.17 bits per heavy atom. The van der Waals surface area contributed by atoms with Crippen LogP contribution in [-0.4, -0.2) is 55.0 Å². The van der Waals surface area contributed by atoms with Gasteiger partial charge in [0.15, 0.2) is 5.79 Å². The highest BCUT2D eigenvalue weighted by atomic mass is 35.5. The Morgan fingerprint density at radius 2 is 1.87 bits per heavy atom. The molecule has 3 unspecified atom stereocenters. The van der Waals surface area contributed by atoms with Crippen LogP contribution >= 0.6 is 11.6 Å². The van der Waals surface area contributed by atoms with Gasteiger partial charge in [-0.1, -0.05) is 29.8 Å². The second-order valence-electron chi connectivity index (χ2n) is 7.03. The monoisotopic (exact) mass is 438 g/mol. The molecule has 1 heterocycles. The third kappa shape index (κ3) is 5.94. The number of hydrogen-bond donors (Lipinski definition) is 3. The number of aliphatic hydroxyl groups excluding tert-OH is 3. The molecule has 3 atom stereocenters. The van der Waals surface area contributed by atoms with E-state index in [0.29, 0.717) is 30.9 Å². The van der Waals surface area contributed by atoms with E-state index < -0.39 is 18.0 Å². The van der Waals surface area contributed by atoms with Gasteiger partial charge in [0.25, 0.3) is 0 Å². The summed E-state index contributed by atoms with van der Waals surface area (Å²) in [6.45, 7) is 2.41. The van der Waals surface area contributed by atoms with Crippen LogP contribution in [0.5, 0.6) is 5.75 Å². The molecule has 166 valence electrons. The molecule has 2 aromatic rings. The van der Waals surface area contributed by atoms with E-state index in [1.54, 1.807) is 7.11 Å². The van der Waals surface area contributed by atoms with Crippen molar-refractivity contribution in [3.63, 3.8) is 0 Å². The fourth-order valence-electron chi connectivity index (χ4n) is 3.65. The Labute approximate surface area is 183 Å². The van der Waals surface area contributed by atoms with Crippen molar-refractivity contribution in [1.82, 2.24) is 0 Å². The van der Waals surface area contributed by atoms with Gasteiger partial charge in [-0.25, -0.2) is 0 Å². The van der Waals surface area contributed by atoms with Crippen LogP contribution in [-0.2, 0) is 21.7 Å². The van der Waals surface area contributed by atoms with E-state index in [-0.39, 0.29) is 6.61 Å². The molecule has 1 fully saturated rings. The maximum absolute atomic E-state index is 10.3. The van der Waals surface area contributed by atoms with Gasteiger partial charge < -0.3 is 29.5 Å². The van der Waals surface area contributed by atoms with Gasteiger partial charge in [0.05, 0.1) is 25.4 Å². The Hall–Kier alpha value is -1.67. The number of hydrogen-bond acceptors (Lipinski definition) is 6. The molecule has 30 heavy (non-hydrogen) atoms. The number of methoxy groups -OCH3 is 1. The molecule has 0 saturated carbocycles. The summed E-state index contributed by atoms with van der Waals surface area (Å²) in [6, 6.07) is 13.5. The lowest BCUT2D eigenvalue weighted by atomic mass is 9.91. The molecule has 0 bridgehead atoms. The summed E-state index contributed by atoms with van der Waals surface area (Å²) in [6.07, 6.45) is 0.230. The van der Waals surface area contributed by atoms with Gasteiger partial charge in [0.2, 0.25) is 0 Å². The fraction of sp³-hybridized carbons (Fsp3) is 0.478. The summed E-state index contributed by atoms with van der Waals surface area (Å²) in [5, 5.41) is 27.4. The molecule has 2 aromatic carbocycles. The highest BCUT2D eigenvalue weighted by Crippen LogP contribution is 2.40. The number of rotatable bonds is 7. The molecular weight excluding hydrogens is 408 g/mol. The van der Waals surface area contributed by atoms with Crippen LogP contribution in [0, 0.1) is 0 Å². The Balaban J connectivity index is 0.00000155. The van der Waals surface area contributed by atoms with Crippen molar-refractivity contribution in [2.75, 3.05) is 27.4 Å². The van der Waals surface area contributed by atoms with Gasteiger partial charge in [0, 0.05) is 37.6 Å². The molecule has 1 aliphatic rings. The van der Waals surface area contributed by atoms with Gasteiger partial charge in [-0.15, -0.1) is 0 Å². The molecule has 1 aliphatic heterocycles. The van der Waals surface area contributed by atoms with Gasteiger partial charge in [0.1, 0.15) is 5.75 Å². The lowest BCUT2D eigenvalue weighted by molar-refractivity contribution is -0.298. The maximum atomic E-state index is 10.3. The molecule has 0 amide bonds. The van der Waals surface area contributed by atoms with E-state index in [2.05, 4.69) is 0 Å². The molecule has 0 radical (unpaired) electrons. The molecular formula is C23H31ClO6. The zero-order chi connectivity index (χ0) is 22.1. The quantitative estimate of drug-likeness (QED) is 0.615. The summed E-state index contributed by atoms with van der Waals surface area (Å²) in [5.74, 6) is -0.271. The number of ether oxygens (including phenoxy) is 3. The smallest absolute Gasteiger partial charge is 0.197 e. The van der Waals surface area contributed by atoms with Gasteiger partial charge in [-0.2, -0.15) is 0 Å². The molecule has 3 N–H and O–H groups in total. The van der Waals surface area contributed by atoms with E-state index in [9.17, 15) is 10.2 Å². The Morgan fingerprint density at radius 3 is 2.47 bits per heavy atom. The average Bonchev–Trinajstić information content (AvgIpc) is 2.77. The van der Waals surface area contributed by atoms with Crippen molar-refractivity contribution in [1.29, 1.82) is 0 Å². The zero-order valence-corrected chi connectivity index (χ0v) is 18.4. The van der Waals surface area contributed by atoms with Crippen LogP contribution in [0.3, 0.4) is 0 Å². The third-order valence-electron chi connectivity index (χ3n) is 5.04. The van der Waals surface area contributed by atoms with E-state index in [4.69, 9.17) is 30.9 Å². The summed E-state index contributed by atoms with van der Waals surface area (Å²) in [7, 11) is 2.55. The Kier molecular flexibility index (Phi) is 9.55. The minimum absolute atomic E-state index is 0.172. The number of aliphatic hydroxyl groups is 3. The standard InChI is InChI=1S/C22H27ClO5.CH4O/c1-3-27-19-7-4-15(5-8-19)10-16-11-17(6-9-21(16)23)22(26-2)13-18(25)12-20(14-24)28-22;1-2/h4-9,11,18,20,24-25H,3,10,12-14H2,1-2H3;2H,1H3. The van der Waals surface area contributed by atoms with Gasteiger partial charge in [-0.3, -0.25) is 0 Å². The zero-order valence-electron chi connectivity index (χ0n) is 17.7. The molecule has 1 saturated heterocycles. The summed E-state index contributed by atoms with van der Waals surface area (Å²) < 4.78 is 17.2. The van der Waals surface area contributed by atoms with Crippen LogP contribution < -0.4 is 4.74 Å². The van der Waals surface area contributed by atoms with E-state index in [1.165, 1.54) is 0 Å². The molecule has 3 rings (SSSR count). The maximum Gasteiger partial charge on any atom is 0.197 e. The highest BCUT2D eigenvalue weighted by molar-refractivity contribution is 6.31. The van der Waals surface area contributed by atoms with E-state index >= 15 is 0 Å². The van der Waals surface area contributed by atoms with Crippen molar-refractivity contribution in [2.24, 2.45) is 0 Å². The minimum atomic E-state index is -1.11. The highest BCUT2D eigenvalue weighted by Gasteiger charge is 2.43. The fourth-order valence-corrected chi connectivity index (χ4v) is 3.83. The largest absolute Gasteiger partial charge is 0.494 e. The van der Waals surface area contributed by atoms with Crippen molar-refractivity contribution < 1.29 is 29.5 Å². The van der Waals surface area contributed by atoms with E-state index in [1.807, 2.05) is 49.4 Å². The summed E-state index contributed by atoms with van der Waals surface area (Å²) in [5.41, 5.74) is 2.81. The third-order valence-corrected chi connectivity index (χ3v) is 5.41. The number of halogens is 1. The minimum Gasteiger partial charge on any atom is -0.494 e. The molecule has 0 aliphatic carbocycles. The second-order valence-corrected chi connectivity index (χ2v) is 7.44. The first-order valence-electron chi connectivity index (χ1n) is 9.97. The average molecular weight is 439 g/mol. The molecule has 0 spiro atoms. The summed E-state index contributed by atoms with van der Waals surface area (Å²) in [4.78, 5) is 0. The van der Waals surface area contributed by atoms with Crippen LogP contribution in [0.2, 0.25) is 5.02 Å². The summed E-state index contributed by atoms with van der Waals surface area (Å²) >= 11 is 6.44. The van der Waals surface area contributed by atoms with Crippen LogP contribution in [0.4, 0.5) is 0 Å². The van der Waals surface area contributed by atoms with Gasteiger partial charge >= 0.3 is 0 Å². The molecule has 6 nitrogen and oxygen atoms in total. The second kappa shape index (κ2) is 11.6. The van der Waals surface area contributed by atoms with Crippen LogP contribution in [0.15, 0.2) is 42.5 Å². The van der Waals surface area contributed by atoms with Crippen molar-refractivity contribution in [3.8, 4) is 5.75 Å². The predicted octanol–water partition coefficient (Wildman–Crippen LogP) is 3.27. The van der Waals surface area contributed by atoms with Crippen molar-refractivity contribution in [2.45, 2.75) is 44.2 Å². The normalized spacial score (nSPS) is 23.4. The first kappa shape index (κ1) is 24.6. The lowest BCUT2D eigenvalue weighted by Gasteiger charge is -2.42. The molecule has 0 aromatic heterocycles. The Bertz CT molecular complexity index is 782. The predicted molar refractivity (Wildman–Crippen MR) is 116 cm³/mol. The van der Waals surface area contributed by atoms with E-state index in [0.717, 1.165) is 29.5 Å². The van der Waals surface area contributed by atoms with Crippen molar-refractivity contribution in [3.05, 3.63) is 64.2 Å². The van der Waals surface area contributed by atoms with Gasteiger partial charge in [-0.05, 0) is 48.7 Å². The van der Waals surface area contributed by atoms with Crippen LogP contribution in [0.25, 0.3) is 0 Å². The number of benzene rings is 2.